The zero-order chi connectivity index (χ0) is 14.2. The molecule has 0 bridgehead atoms. The summed E-state index contributed by atoms with van der Waals surface area (Å²) in [5.74, 6) is 0.0401. The predicted octanol–water partition coefficient (Wildman–Crippen LogP) is 0.563. The van der Waals surface area contributed by atoms with E-state index >= 15 is 0 Å². The Morgan fingerprint density at radius 1 is 1.15 bits per heavy atom. The van der Waals surface area contributed by atoms with E-state index in [0.717, 1.165) is 13.0 Å². The van der Waals surface area contributed by atoms with Gasteiger partial charge in [0.1, 0.15) is 6.61 Å². The number of hydrogen-bond donors (Lipinski definition) is 1. The van der Waals surface area contributed by atoms with Crippen molar-refractivity contribution in [2.24, 2.45) is 5.73 Å². The lowest BCUT2D eigenvalue weighted by atomic mass is 10.00. The normalized spacial score (nSPS) is 14.2. The zero-order valence-electron chi connectivity index (χ0n) is 11.7. The Balaban J connectivity index is 1.69. The second kappa shape index (κ2) is 7.99. The van der Waals surface area contributed by atoms with Gasteiger partial charge in [-0.1, -0.05) is 24.3 Å². The first-order chi connectivity index (χ1) is 9.81. The van der Waals surface area contributed by atoms with Crippen LogP contribution in [0.15, 0.2) is 24.3 Å². The summed E-state index contributed by atoms with van der Waals surface area (Å²) in [7, 11) is 0. The molecule has 1 aromatic carbocycles. The van der Waals surface area contributed by atoms with Crippen molar-refractivity contribution in [2.45, 2.75) is 13.0 Å². The Morgan fingerprint density at radius 3 is 2.70 bits per heavy atom. The molecule has 1 amide bonds. The molecule has 5 nitrogen and oxygen atoms in total. The molecule has 0 saturated carbocycles. The minimum absolute atomic E-state index is 0.0401. The number of fused-ring (bicyclic) bond motifs is 1. The van der Waals surface area contributed by atoms with Crippen LogP contribution >= 0.6 is 0 Å². The summed E-state index contributed by atoms with van der Waals surface area (Å²) < 4.78 is 10.5. The summed E-state index contributed by atoms with van der Waals surface area (Å²) in [5, 5.41) is 0. The fourth-order valence-corrected chi connectivity index (χ4v) is 2.26. The summed E-state index contributed by atoms with van der Waals surface area (Å²) in [4.78, 5) is 13.9. The average molecular weight is 278 g/mol. The van der Waals surface area contributed by atoms with Gasteiger partial charge in [0.25, 0.3) is 0 Å². The second-order valence-electron chi connectivity index (χ2n) is 4.79. The van der Waals surface area contributed by atoms with Crippen molar-refractivity contribution >= 4 is 5.91 Å². The van der Waals surface area contributed by atoms with Gasteiger partial charge in [0.2, 0.25) is 5.91 Å². The highest BCUT2D eigenvalue weighted by molar-refractivity contribution is 5.77. The molecule has 0 atom stereocenters. The number of carbonyl (C=O) groups excluding carboxylic acids is 1. The SMILES string of the molecule is NCCOCCOCC(=O)N1CCc2ccccc2C1. The minimum atomic E-state index is 0.0401. The van der Waals surface area contributed by atoms with Crippen LogP contribution in [0.2, 0.25) is 0 Å². The third-order valence-electron chi connectivity index (χ3n) is 3.34. The second-order valence-corrected chi connectivity index (χ2v) is 4.79. The van der Waals surface area contributed by atoms with Crippen molar-refractivity contribution in [1.82, 2.24) is 4.90 Å². The first-order valence-corrected chi connectivity index (χ1v) is 7.01. The number of benzene rings is 1. The first-order valence-electron chi connectivity index (χ1n) is 7.01. The van der Waals surface area contributed by atoms with Crippen molar-refractivity contribution in [2.75, 3.05) is 39.5 Å². The van der Waals surface area contributed by atoms with E-state index < -0.39 is 0 Å². The van der Waals surface area contributed by atoms with Crippen LogP contribution in [0.1, 0.15) is 11.1 Å². The average Bonchev–Trinajstić information content (AvgIpc) is 2.50. The Kier molecular flexibility index (Phi) is 5.98. The number of nitrogens with two attached hydrogens (primary N) is 1. The Labute approximate surface area is 119 Å². The highest BCUT2D eigenvalue weighted by Gasteiger charge is 2.19. The van der Waals surface area contributed by atoms with E-state index in [1.807, 2.05) is 17.0 Å². The third-order valence-corrected chi connectivity index (χ3v) is 3.34. The van der Waals surface area contributed by atoms with E-state index in [-0.39, 0.29) is 12.5 Å². The van der Waals surface area contributed by atoms with Crippen LogP contribution in [0.5, 0.6) is 0 Å². The number of nitrogens with zero attached hydrogens (tertiary/aromatic N) is 1. The molecule has 1 aromatic rings. The molecule has 0 spiro atoms. The van der Waals surface area contributed by atoms with Crippen molar-refractivity contribution in [1.29, 1.82) is 0 Å². The molecular formula is C15H22N2O3. The Morgan fingerprint density at radius 2 is 1.90 bits per heavy atom. The summed E-state index contributed by atoms with van der Waals surface area (Å²) in [6.07, 6.45) is 0.918. The number of ether oxygens (including phenoxy) is 2. The Bertz CT molecular complexity index is 437. The quantitative estimate of drug-likeness (QED) is 0.740. The first kappa shape index (κ1) is 15.0. The van der Waals surface area contributed by atoms with Crippen LogP contribution in [-0.2, 0) is 27.2 Å². The topological polar surface area (TPSA) is 64.8 Å². The molecule has 20 heavy (non-hydrogen) atoms. The van der Waals surface area contributed by atoms with Crippen molar-refractivity contribution in [3.63, 3.8) is 0 Å². The smallest absolute Gasteiger partial charge is 0.248 e. The van der Waals surface area contributed by atoms with E-state index in [4.69, 9.17) is 15.2 Å². The molecule has 2 rings (SSSR count). The van der Waals surface area contributed by atoms with Crippen LogP contribution in [0.25, 0.3) is 0 Å². The predicted molar refractivity (Wildman–Crippen MR) is 76.3 cm³/mol. The molecule has 1 aliphatic heterocycles. The van der Waals surface area contributed by atoms with Crippen LogP contribution < -0.4 is 5.73 Å². The molecule has 0 radical (unpaired) electrons. The lowest BCUT2D eigenvalue weighted by Gasteiger charge is -2.28. The monoisotopic (exact) mass is 278 g/mol. The number of carbonyl (C=O) groups is 1. The molecule has 0 aromatic heterocycles. The van der Waals surface area contributed by atoms with Crippen LogP contribution in [0, 0.1) is 0 Å². The minimum Gasteiger partial charge on any atom is -0.378 e. The molecule has 0 aliphatic carbocycles. The fraction of sp³-hybridized carbons (Fsp3) is 0.533. The van der Waals surface area contributed by atoms with Gasteiger partial charge in [-0.2, -0.15) is 0 Å². The maximum atomic E-state index is 12.0. The highest BCUT2D eigenvalue weighted by atomic mass is 16.5. The maximum absolute atomic E-state index is 12.0. The van der Waals surface area contributed by atoms with Gasteiger partial charge in [-0.25, -0.2) is 0 Å². The number of amides is 1. The molecule has 0 saturated heterocycles. The molecule has 5 heteroatoms. The fourth-order valence-electron chi connectivity index (χ4n) is 2.26. The maximum Gasteiger partial charge on any atom is 0.248 e. The number of hydrogen-bond acceptors (Lipinski definition) is 4. The van der Waals surface area contributed by atoms with Crippen LogP contribution in [-0.4, -0.2) is 50.3 Å². The van der Waals surface area contributed by atoms with Gasteiger partial charge in [-0.15, -0.1) is 0 Å². The molecule has 2 N–H and O–H groups in total. The van der Waals surface area contributed by atoms with Crippen molar-refractivity contribution in [3.8, 4) is 0 Å². The van der Waals surface area contributed by atoms with E-state index in [0.29, 0.717) is 32.9 Å². The number of rotatable bonds is 7. The Hall–Kier alpha value is -1.43. The van der Waals surface area contributed by atoms with E-state index in [1.54, 1.807) is 0 Å². The van der Waals surface area contributed by atoms with Crippen LogP contribution in [0.3, 0.4) is 0 Å². The van der Waals surface area contributed by atoms with E-state index in [1.165, 1.54) is 11.1 Å². The molecule has 1 heterocycles. The van der Waals surface area contributed by atoms with Crippen molar-refractivity contribution < 1.29 is 14.3 Å². The largest absolute Gasteiger partial charge is 0.378 e. The molecule has 0 fully saturated rings. The standard InChI is InChI=1S/C15H22N2O3/c16-6-8-19-9-10-20-12-15(18)17-7-5-13-3-1-2-4-14(13)11-17/h1-4H,5-12,16H2. The molecule has 110 valence electrons. The molecule has 0 unspecified atom stereocenters. The van der Waals surface area contributed by atoms with Gasteiger partial charge in [-0.3, -0.25) is 4.79 Å². The van der Waals surface area contributed by atoms with Crippen molar-refractivity contribution in [3.05, 3.63) is 35.4 Å². The van der Waals surface area contributed by atoms with E-state index in [9.17, 15) is 4.79 Å². The summed E-state index contributed by atoms with van der Waals surface area (Å²) in [6.45, 7) is 3.51. The van der Waals surface area contributed by atoms with Gasteiger partial charge in [0, 0.05) is 19.6 Å². The highest BCUT2D eigenvalue weighted by Crippen LogP contribution is 2.18. The van der Waals surface area contributed by atoms with Gasteiger partial charge in [0.05, 0.1) is 19.8 Å². The zero-order valence-corrected chi connectivity index (χ0v) is 11.7. The van der Waals surface area contributed by atoms with E-state index in [2.05, 4.69) is 12.1 Å². The lowest BCUT2D eigenvalue weighted by Crippen LogP contribution is -2.38. The summed E-state index contributed by atoms with van der Waals surface area (Å²) in [5.41, 5.74) is 7.88. The third kappa shape index (κ3) is 4.30. The van der Waals surface area contributed by atoms with Gasteiger partial charge in [-0.05, 0) is 17.5 Å². The molecule has 1 aliphatic rings. The van der Waals surface area contributed by atoms with Gasteiger partial charge in [0.15, 0.2) is 0 Å². The summed E-state index contributed by atoms with van der Waals surface area (Å²) in [6, 6.07) is 8.26. The lowest BCUT2D eigenvalue weighted by molar-refractivity contribution is -0.137. The molecular weight excluding hydrogens is 256 g/mol. The van der Waals surface area contributed by atoms with Crippen LogP contribution in [0.4, 0.5) is 0 Å². The summed E-state index contributed by atoms with van der Waals surface area (Å²) >= 11 is 0. The van der Waals surface area contributed by atoms with Gasteiger partial charge < -0.3 is 20.1 Å². The van der Waals surface area contributed by atoms with Gasteiger partial charge >= 0.3 is 0 Å².